The summed E-state index contributed by atoms with van der Waals surface area (Å²) in [6.45, 7) is 19.9. The number of aliphatic imine (C=N–C) groups is 1. The van der Waals surface area contributed by atoms with E-state index in [1.165, 1.54) is 30.8 Å². The van der Waals surface area contributed by atoms with Crippen molar-refractivity contribution in [3.8, 4) is 0 Å². The van der Waals surface area contributed by atoms with E-state index in [0.717, 1.165) is 0 Å². The van der Waals surface area contributed by atoms with Crippen LogP contribution in [0.15, 0.2) is 4.99 Å². The summed E-state index contributed by atoms with van der Waals surface area (Å²) >= 11 is 0. The first-order valence-electron chi connectivity index (χ1n) is 29.6. The minimum Gasteiger partial charge on any atom is -0.391 e. The Kier molecular flexibility index (Phi) is 37.1. The van der Waals surface area contributed by atoms with E-state index in [4.69, 9.17) is 34.4 Å². The standard InChI is InChI=1S/C56H108N16O11/c1-14-35(10)46(53(81)66-38(21-16-18-24-58)49(77)70-45(36(11)73)52(80)69-41(27-32(4)5)50(78)68-40(47(60)75)26-31(2)3)72(13)54(82)39(22-19-25-63-56(61)62)67-48(76)37(20-15-17-23-57)65-51(79)43(29-34(8)9)71(12)55(83)42(28-33(6)7)64-44(74)30-59/h31-43,45-46,73H,14-30,57-59H2,1-13H3,(H2,60,75)(H,64,74)(H,65,79)(H,66,81)(H,67,76)(H,68,78)(H,69,80)(H,70,77)(H4,61,62,63)/t35-,36+,37-,38-,39-,40-,41-,42-,43-,45-,46-/m0/s1. The Balaban J connectivity index is 7.25. The molecule has 0 heterocycles. The molecule has 0 saturated carbocycles. The van der Waals surface area contributed by atoms with Crippen molar-refractivity contribution in [3.05, 3.63) is 0 Å². The molecule has 11 atom stereocenters. The van der Waals surface area contributed by atoms with E-state index in [9.17, 15) is 53.1 Å². The van der Waals surface area contributed by atoms with Crippen molar-refractivity contribution in [2.75, 3.05) is 40.3 Å². The third-order valence-electron chi connectivity index (χ3n) is 14.0. The predicted octanol–water partition coefficient (Wildman–Crippen LogP) is -1.60. The zero-order chi connectivity index (χ0) is 63.8. The van der Waals surface area contributed by atoms with Crippen LogP contribution in [0.4, 0.5) is 0 Å². The summed E-state index contributed by atoms with van der Waals surface area (Å²) in [7, 11) is 2.84. The lowest BCUT2D eigenvalue weighted by atomic mass is 9.95. The molecule has 0 bridgehead atoms. The van der Waals surface area contributed by atoms with Crippen LogP contribution in [0.2, 0.25) is 0 Å². The first-order chi connectivity index (χ1) is 38.8. The topological polar surface area (TPSA) is 450 Å². The van der Waals surface area contributed by atoms with Crippen LogP contribution < -0.4 is 71.6 Å². The maximum absolute atomic E-state index is 14.9. The van der Waals surface area contributed by atoms with Crippen molar-refractivity contribution >= 4 is 65.0 Å². The number of nitrogens with two attached hydrogens (primary N) is 6. The molecule has 0 aromatic carbocycles. The maximum Gasteiger partial charge on any atom is 0.245 e. The van der Waals surface area contributed by atoms with E-state index in [1.807, 2.05) is 55.4 Å². The van der Waals surface area contributed by atoms with Gasteiger partial charge in [0, 0.05) is 20.6 Å². The molecule has 0 aliphatic heterocycles. The Labute approximate surface area is 493 Å². The molecule has 0 radical (unpaired) electrons. The first-order valence-corrected chi connectivity index (χ1v) is 29.6. The second-order valence-electron chi connectivity index (χ2n) is 23.5. The van der Waals surface area contributed by atoms with Crippen LogP contribution in [0.3, 0.4) is 0 Å². The quantitative estimate of drug-likeness (QED) is 0.0186. The van der Waals surface area contributed by atoms with Gasteiger partial charge in [-0.1, -0.05) is 75.7 Å². The molecular weight excluding hydrogens is 1070 g/mol. The fraction of sp³-hybridized carbons (Fsp3) is 0.804. The zero-order valence-corrected chi connectivity index (χ0v) is 52.0. The zero-order valence-electron chi connectivity index (χ0n) is 52.0. The number of primary amides is 1. The monoisotopic (exact) mass is 1180 g/mol. The number of likely N-dealkylation sites (N-methyl/N-ethyl adjacent to an activating group) is 2. The molecule has 0 aliphatic carbocycles. The Hall–Kier alpha value is -6.19. The van der Waals surface area contributed by atoms with Crippen molar-refractivity contribution in [3.63, 3.8) is 0 Å². The third-order valence-corrected chi connectivity index (χ3v) is 14.0. The Morgan fingerprint density at radius 2 is 0.892 bits per heavy atom. The summed E-state index contributed by atoms with van der Waals surface area (Å²) in [5, 5.41) is 29.8. The minimum atomic E-state index is -1.63. The largest absolute Gasteiger partial charge is 0.391 e. The number of rotatable bonds is 42. The molecule has 83 heavy (non-hydrogen) atoms. The number of amides is 10. The average molecular weight is 1180 g/mol. The number of carbonyl (C=O) groups is 10. The number of guanidine groups is 1. The number of hydrogen-bond acceptors (Lipinski definition) is 15. The molecule has 0 aromatic heterocycles. The van der Waals surface area contributed by atoms with E-state index < -0.39 is 125 Å². The number of carbonyl (C=O) groups excluding carboxylic acids is 10. The van der Waals surface area contributed by atoms with Crippen LogP contribution in [0.1, 0.15) is 160 Å². The second kappa shape index (κ2) is 40.1. The van der Waals surface area contributed by atoms with Gasteiger partial charge in [0.2, 0.25) is 59.1 Å². The van der Waals surface area contributed by atoms with Crippen molar-refractivity contribution in [2.24, 2.45) is 69.0 Å². The van der Waals surface area contributed by atoms with Gasteiger partial charge < -0.3 is 86.5 Å². The Morgan fingerprint density at radius 1 is 0.470 bits per heavy atom. The molecule has 0 unspecified atom stereocenters. The molecule has 0 aromatic rings. The van der Waals surface area contributed by atoms with Crippen molar-refractivity contribution in [1.29, 1.82) is 0 Å². The van der Waals surface area contributed by atoms with E-state index >= 15 is 0 Å². The summed E-state index contributed by atoms with van der Waals surface area (Å²) in [5.41, 5.74) is 34.0. The summed E-state index contributed by atoms with van der Waals surface area (Å²) in [6, 6.07) is -11.1. The van der Waals surface area contributed by atoms with Crippen LogP contribution in [0.25, 0.3) is 0 Å². The highest BCUT2D eigenvalue weighted by molar-refractivity contribution is 5.98. The van der Waals surface area contributed by atoms with Crippen molar-refractivity contribution in [1.82, 2.24) is 47.0 Å². The van der Waals surface area contributed by atoms with Crippen LogP contribution >= 0.6 is 0 Å². The molecule has 10 amide bonds. The summed E-state index contributed by atoms with van der Waals surface area (Å²) in [6.07, 6.45) is 1.54. The van der Waals surface area contributed by atoms with Crippen LogP contribution in [0.5, 0.6) is 0 Å². The summed E-state index contributed by atoms with van der Waals surface area (Å²) in [4.78, 5) is 146. The number of unbranched alkanes of at least 4 members (excludes halogenated alkanes) is 2. The molecule has 0 saturated heterocycles. The van der Waals surface area contributed by atoms with Gasteiger partial charge in [0.15, 0.2) is 5.96 Å². The van der Waals surface area contributed by atoms with Gasteiger partial charge in [0.25, 0.3) is 0 Å². The van der Waals surface area contributed by atoms with Crippen LogP contribution in [-0.2, 0) is 47.9 Å². The van der Waals surface area contributed by atoms with E-state index in [2.05, 4.69) is 42.2 Å². The van der Waals surface area contributed by atoms with Gasteiger partial charge in [0.1, 0.15) is 54.4 Å². The maximum atomic E-state index is 14.9. The highest BCUT2D eigenvalue weighted by Crippen LogP contribution is 2.20. The fourth-order valence-corrected chi connectivity index (χ4v) is 9.35. The lowest BCUT2D eigenvalue weighted by molar-refractivity contribution is -0.145. The third kappa shape index (κ3) is 29.3. The lowest BCUT2D eigenvalue weighted by Crippen LogP contribution is -2.62. The number of aliphatic hydroxyl groups excluding tert-OH is 1. The number of nitrogens with one attached hydrogen (secondary N) is 7. The first kappa shape index (κ1) is 76.8. The Morgan fingerprint density at radius 3 is 1.35 bits per heavy atom. The molecule has 20 N–H and O–H groups in total. The van der Waals surface area contributed by atoms with Crippen molar-refractivity contribution < 1.29 is 53.1 Å². The fourth-order valence-electron chi connectivity index (χ4n) is 9.35. The SMILES string of the molecule is CC[C@H](C)[C@@H](C(=O)N[C@@H](CCCCN)C(=O)N[C@H](C(=O)N[C@@H](CC(C)C)C(=O)N[C@@H](CC(C)C)C(N)=O)[C@@H](C)O)N(C)C(=O)[C@H](CCCN=C(N)N)NC(=O)[C@H](CCCCN)NC(=O)[C@H](CC(C)C)N(C)C(=O)[C@H](CC(C)C)NC(=O)CN. The van der Waals surface area contributed by atoms with Gasteiger partial charge in [-0.3, -0.25) is 52.9 Å². The van der Waals surface area contributed by atoms with E-state index in [-0.39, 0.29) is 107 Å². The average Bonchev–Trinajstić information content (AvgIpc) is 3.52. The highest BCUT2D eigenvalue weighted by atomic mass is 16.3. The van der Waals surface area contributed by atoms with Crippen molar-refractivity contribution in [2.45, 2.75) is 220 Å². The number of aliphatic hydroxyl groups is 1. The summed E-state index contributed by atoms with van der Waals surface area (Å²) in [5.74, 6) is -8.20. The summed E-state index contributed by atoms with van der Waals surface area (Å²) < 4.78 is 0. The molecule has 0 spiro atoms. The van der Waals surface area contributed by atoms with Gasteiger partial charge in [-0.05, 0) is 127 Å². The van der Waals surface area contributed by atoms with Gasteiger partial charge in [-0.15, -0.1) is 0 Å². The number of nitrogens with zero attached hydrogens (tertiary/aromatic N) is 3. The normalized spacial score (nSPS) is 15.4. The minimum absolute atomic E-state index is 0.00571. The smallest absolute Gasteiger partial charge is 0.245 e. The molecule has 478 valence electrons. The molecule has 0 fully saturated rings. The Bertz CT molecular complexity index is 2090. The molecule has 27 nitrogen and oxygen atoms in total. The molecular formula is C56H108N16O11. The number of hydrogen-bond donors (Lipinski definition) is 14. The predicted molar refractivity (Wildman–Crippen MR) is 320 cm³/mol. The van der Waals surface area contributed by atoms with Gasteiger partial charge in [-0.2, -0.15) is 0 Å². The van der Waals surface area contributed by atoms with Crippen LogP contribution in [-0.4, -0.2) is 181 Å². The van der Waals surface area contributed by atoms with Crippen LogP contribution in [0, 0.1) is 29.6 Å². The van der Waals surface area contributed by atoms with Gasteiger partial charge >= 0.3 is 0 Å². The van der Waals surface area contributed by atoms with Gasteiger partial charge in [-0.25, -0.2) is 0 Å². The molecule has 0 rings (SSSR count). The van der Waals surface area contributed by atoms with Gasteiger partial charge in [0.05, 0.1) is 12.6 Å². The highest BCUT2D eigenvalue weighted by Gasteiger charge is 2.40. The van der Waals surface area contributed by atoms with E-state index in [1.54, 1.807) is 13.8 Å². The molecule has 0 aliphatic rings. The molecule has 27 heteroatoms. The van der Waals surface area contributed by atoms with E-state index in [0.29, 0.717) is 32.1 Å². The lowest BCUT2D eigenvalue weighted by Gasteiger charge is -2.36. The second-order valence-corrected chi connectivity index (χ2v) is 23.5.